The third kappa shape index (κ3) is 6.05. The summed E-state index contributed by atoms with van der Waals surface area (Å²) in [5.74, 6) is -1.84. The highest BCUT2D eigenvalue weighted by Gasteiger charge is 2.31. The van der Waals surface area contributed by atoms with E-state index in [1.807, 2.05) is 0 Å². The molecule has 0 fully saturated rings. The zero-order valence-electron chi connectivity index (χ0n) is 13.3. The van der Waals surface area contributed by atoms with Gasteiger partial charge in [0.2, 0.25) is 5.88 Å². The number of rotatable bonds is 8. The van der Waals surface area contributed by atoms with Crippen molar-refractivity contribution in [3.8, 4) is 5.88 Å². The van der Waals surface area contributed by atoms with Gasteiger partial charge in [-0.05, 0) is 18.9 Å². The number of carboxylic acids is 1. The van der Waals surface area contributed by atoms with Gasteiger partial charge in [0.25, 0.3) is 5.91 Å². The molecule has 1 aromatic rings. The van der Waals surface area contributed by atoms with Crippen molar-refractivity contribution < 1.29 is 32.6 Å². The number of aliphatic carboxylic acids is 1. The second kappa shape index (κ2) is 7.98. The Balaban J connectivity index is 2.78. The van der Waals surface area contributed by atoms with Crippen LogP contribution in [0.15, 0.2) is 18.3 Å². The third-order valence-electron chi connectivity index (χ3n) is 3.60. The predicted octanol–water partition coefficient (Wildman–Crippen LogP) is 2.79. The molecule has 9 heteroatoms. The molecule has 1 rings (SSSR count). The smallest absolute Gasteiger partial charge is 0.422 e. The number of carbonyl (C=O) groups excluding carboxylic acids is 1. The van der Waals surface area contributed by atoms with Crippen molar-refractivity contribution in [3.05, 3.63) is 23.9 Å². The highest BCUT2D eigenvalue weighted by Crippen LogP contribution is 2.21. The van der Waals surface area contributed by atoms with Crippen LogP contribution in [0.25, 0.3) is 0 Å². The summed E-state index contributed by atoms with van der Waals surface area (Å²) in [6, 6.07) is 2.42. The van der Waals surface area contributed by atoms with Gasteiger partial charge in [-0.1, -0.05) is 13.8 Å². The van der Waals surface area contributed by atoms with E-state index in [0.29, 0.717) is 12.8 Å². The Hall–Kier alpha value is -2.32. The van der Waals surface area contributed by atoms with E-state index < -0.39 is 30.2 Å². The molecule has 1 heterocycles. The topological polar surface area (TPSA) is 88.5 Å². The fraction of sp³-hybridized carbons (Fsp3) is 0.533. The molecule has 0 aromatic carbocycles. The third-order valence-corrected chi connectivity index (χ3v) is 3.60. The second-order valence-corrected chi connectivity index (χ2v) is 5.30. The fourth-order valence-electron chi connectivity index (χ4n) is 2.08. The van der Waals surface area contributed by atoms with Gasteiger partial charge in [0, 0.05) is 12.3 Å². The maximum absolute atomic E-state index is 12.2. The van der Waals surface area contributed by atoms with Crippen LogP contribution in [0.3, 0.4) is 0 Å². The van der Waals surface area contributed by atoms with Crippen LogP contribution >= 0.6 is 0 Å². The molecule has 0 bridgehead atoms. The van der Waals surface area contributed by atoms with Crippen LogP contribution in [0.1, 0.15) is 43.5 Å². The van der Waals surface area contributed by atoms with E-state index >= 15 is 0 Å². The molecule has 2 N–H and O–H groups in total. The van der Waals surface area contributed by atoms with Crippen LogP contribution in [0.4, 0.5) is 13.2 Å². The predicted molar refractivity (Wildman–Crippen MR) is 78.8 cm³/mol. The molecule has 1 amide bonds. The van der Waals surface area contributed by atoms with Gasteiger partial charge in [0.1, 0.15) is 0 Å². The van der Waals surface area contributed by atoms with Crippen molar-refractivity contribution in [2.75, 3.05) is 6.61 Å². The average molecular weight is 348 g/mol. The lowest BCUT2D eigenvalue weighted by molar-refractivity contribution is -0.154. The van der Waals surface area contributed by atoms with Gasteiger partial charge in [-0.15, -0.1) is 0 Å². The zero-order valence-corrected chi connectivity index (χ0v) is 13.3. The van der Waals surface area contributed by atoms with Crippen molar-refractivity contribution in [3.63, 3.8) is 0 Å². The highest BCUT2D eigenvalue weighted by molar-refractivity contribution is 5.94. The van der Waals surface area contributed by atoms with Gasteiger partial charge in [0.05, 0.1) is 17.5 Å². The maximum Gasteiger partial charge on any atom is 0.422 e. The Morgan fingerprint density at radius 2 is 1.88 bits per heavy atom. The normalized spacial score (nSPS) is 11.9. The van der Waals surface area contributed by atoms with Crippen molar-refractivity contribution in [2.45, 2.75) is 44.8 Å². The number of pyridine rings is 1. The van der Waals surface area contributed by atoms with Crippen LogP contribution in [-0.4, -0.2) is 40.3 Å². The summed E-state index contributed by atoms with van der Waals surface area (Å²) in [7, 11) is 0. The molecule has 0 aliphatic heterocycles. The van der Waals surface area contributed by atoms with Gasteiger partial charge in [0.15, 0.2) is 6.61 Å². The van der Waals surface area contributed by atoms with Crippen LogP contribution < -0.4 is 10.1 Å². The molecule has 134 valence electrons. The number of hydrogen-bond acceptors (Lipinski definition) is 4. The van der Waals surface area contributed by atoms with Crippen molar-refractivity contribution in [1.82, 2.24) is 10.3 Å². The van der Waals surface area contributed by atoms with E-state index in [-0.39, 0.29) is 17.9 Å². The van der Waals surface area contributed by atoms with Crippen LogP contribution in [-0.2, 0) is 4.79 Å². The minimum atomic E-state index is -4.48. The molecule has 0 radical (unpaired) electrons. The summed E-state index contributed by atoms with van der Waals surface area (Å²) in [5.41, 5.74) is -0.792. The Labute approximate surface area is 137 Å². The molecule has 6 nitrogen and oxygen atoms in total. The maximum atomic E-state index is 12.2. The lowest BCUT2D eigenvalue weighted by atomic mass is 9.88. The molecule has 0 aliphatic carbocycles. The minimum Gasteiger partial charge on any atom is -0.481 e. The average Bonchev–Trinajstić information content (AvgIpc) is 2.51. The Kier molecular flexibility index (Phi) is 6.56. The molecule has 0 saturated carbocycles. The molecular formula is C15H19F3N2O4. The molecular weight excluding hydrogens is 329 g/mol. The van der Waals surface area contributed by atoms with Crippen molar-refractivity contribution >= 4 is 11.9 Å². The summed E-state index contributed by atoms with van der Waals surface area (Å²) in [4.78, 5) is 26.8. The first-order chi connectivity index (χ1) is 11.1. The van der Waals surface area contributed by atoms with Crippen LogP contribution in [0, 0.1) is 0 Å². The largest absolute Gasteiger partial charge is 0.481 e. The number of hydrogen-bond donors (Lipinski definition) is 2. The fourth-order valence-corrected chi connectivity index (χ4v) is 2.08. The molecule has 1 aromatic heterocycles. The number of amides is 1. The quantitative estimate of drug-likeness (QED) is 0.754. The number of alkyl halides is 3. The Bertz CT molecular complexity index is 569. The lowest BCUT2D eigenvalue weighted by Crippen LogP contribution is -2.49. The van der Waals surface area contributed by atoms with Crippen molar-refractivity contribution in [1.29, 1.82) is 0 Å². The number of carbonyl (C=O) groups is 2. The van der Waals surface area contributed by atoms with Gasteiger partial charge in [-0.3, -0.25) is 9.59 Å². The van der Waals surface area contributed by atoms with Crippen molar-refractivity contribution in [2.24, 2.45) is 0 Å². The summed E-state index contributed by atoms with van der Waals surface area (Å²) in [6.45, 7) is 2.05. The number of ether oxygens (including phenoxy) is 1. The Morgan fingerprint density at radius 3 is 2.29 bits per heavy atom. The van der Waals surface area contributed by atoms with Gasteiger partial charge in [-0.2, -0.15) is 13.2 Å². The van der Waals surface area contributed by atoms with E-state index in [1.54, 1.807) is 13.8 Å². The number of nitrogens with one attached hydrogen (secondary N) is 1. The molecule has 0 aliphatic rings. The van der Waals surface area contributed by atoms with E-state index in [2.05, 4.69) is 15.0 Å². The molecule has 0 unspecified atom stereocenters. The number of carboxylic acid groups (broad SMARTS) is 1. The first kappa shape index (κ1) is 19.7. The summed E-state index contributed by atoms with van der Waals surface area (Å²) < 4.78 is 40.6. The molecule has 24 heavy (non-hydrogen) atoms. The Morgan fingerprint density at radius 1 is 1.25 bits per heavy atom. The number of nitrogens with zero attached hydrogens (tertiary/aromatic N) is 1. The van der Waals surface area contributed by atoms with Gasteiger partial charge in [-0.25, -0.2) is 4.98 Å². The molecule has 0 spiro atoms. The summed E-state index contributed by atoms with van der Waals surface area (Å²) in [6.07, 6.45) is -2.79. The van der Waals surface area contributed by atoms with Crippen LogP contribution in [0.2, 0.25) is 0 Å². The van der Waals surface area contributed by atoms with E-state index in [4.69, 9.17) is 5.11 Å². The number of aromatic nitrogens is 1. The molecule has 0 saturated heterocycles. The van der Waals surface area contributed by atoms with Gasteiger partial charge >= 0.3 is 12.1 Å². The van der Waals surface area contributed by atoms with Gasteiger partial charge < -0.3 is 15.2 Å². The second-order valence-electron chi connectivity index (χ2n) is 5.30. The summed E-state index contributed by atoms with van der Waals surface area (Å²) in [5, 5.41) is 11.7. The SMILES string of the molecule is CCC(CC)(CC(=O)O)NC(=O)c1ccc(OCC(F)(F)F)nc1. The zero-order chi connectivity index (χ0) is 18.4. The standard InChI is InChI=1S/C15H19F3N2O4/c1-3-14(4-2,7-12(21)22)20-13(23)10-5-6-11(19-8-10)24-9-15(16,17)18/h5-6,8H,3-4,7,9H2,1-2H3,(H,20,23)(H,21,22). The summed E-state index contributed by atoms with van der Waals surface area (Å²) >= 11 is 0. The van der Waals surface area contributed by atoms with E-state index in [1.165, 1.54) is 6.07 Å². The minimum absolute atomic E-state index is 0.103. The highest BCUT2D eigenvalue weighted by atomic mass is 19.4. The number of halogens is 3. The van der Waals surface area contributed by atoms with E-state index in [9.17, 15) is 22.8 Å². The molecule has 0 atom stereocenters. The lowest BCUT2D eigenvalue weighted by Gasteiger charge is -2.31. The monoisotopic (exact) mass is 348 g/mol. The first-order valence-corrected chi connectivity index (χ1v) is 7.30. The van der Waals surface area contributed by atoms with E-state index in [0.717, 1.165) is 12.3 Å². The van der Waals surface area contributed by atoms with Crippen LogP contribution in [0.5, 0.6) is 5.88 Å². The first-order valence-electron chi connectivity index (χ1n) is 7.30.